The lowest BCUT2D eigenvalue weighted by Crippen LogP contribution is -2.26. The molecule has 0 saturated heterocycles. The number of carbonyl (C=O) groups excluding carboxylic acids is 2. The Labute approximate surface area is 128 Å². The third-order valence-corrected chi connectivity index (χ3v) is 3.49. The van der Waals surface area contributed by atoms with E-state index < -0.39 is 0 Å². The van der Waals surface area contributed by atoms with Gasteiger partial charge in [0.2, 0.25) is 5.91 Å². The third-order valence-electron chi connectivity index (χ3n) is 3.49. The van der Waals surface area contributed by atoms with Crippen molar-refractivity contribution < 1.29 is 14.0 Å². The molecule has 0 fully saturated rings. The van der Waals surface area contributed by atoms with Gasteiger partial charge in [0.25, 0.3) is 5.91 Å². The zero-order chi connectivity index (χ0) is 16.3. The molecule has 0 spiro atoms. The van der Waals surface area contributed by atoms with E-state index >= 15 is 0 Å². The van der Waals surface area contributed by atoms with E-state index in [0.29, 0.717) is 11.3 Å². The van der Waals surface area contributed by atoms with Gasteiger partial charge in [-0.15, -0.1) is 0 Å². The molecule has 0 aliphatic carbocycles. The second kappa shape index (κ2) is 6.39. The van der Waals surface area contributed by atoms with Crippen molar-refractivity contribution in [3.8, 4) is 0 Å². The Morgan fingerprint density at radius 2 is 1.27 bits per heavy atom. The Morgan fingerprint density at radius 3 is 1.73 bits per heavy atom. The fraction of sp³-hybridized carbons (Fsp3) is 0.176. The lowest BCUT2D eigenvalue weighted by molar-refractivity contribution is -0.116. The van der Waals surface area contributed by atoms with E-state index in [1.54, 1.807) is 38.4 Å². The van der Waals surface area contributed by atoms with Crippen molar-refractivity contribution in [2.75, 3.05) is 23.9 Å². The summed E-state index contributed by atoms with van der Waals surface area (Å²) < 4.78 is 12.9. The summed E-state index contributed by atoms with van der Waals surface area (Å²) in [5, 5.41) is 0. The highest BCUT2D eigenvalue weighted by atomic mass is 19.1. The van der Waals surface area contributed by atoms with E-state index in [9.17, 15) is 14.0 Å². The summed E-state index contributed by atoms with van der Waals surface area (Å²) in [6.07, 6.45) is 0. The molecule has 0 aliphatic rings. The minimum Gasteiger partial charge on any atom is -0.316 e. The summed E-state index contributed by atoms with van der Waals surface area (Å²) in [4.78, 5) is 26.6. The van der Waals surface area contributed by atoms with E-state index in [1.807, 2.05) is 0 Å². The average molecular weight is 300 g/mol. The van der Waals surface area contributed by atoms with E-state index in [0.717, 1.165) is 5.69 Å². The van der Waals surface area contributed by atoms with Gasteiger partial charge in [-0.25, -0.2) is 4.39 Å². The standard InChI is InChI=1S/C17H17FN2O2/c1-12(21)19(2)15-8-10-16(11-9-15)20(3)17(22)13-4-6-14(18)7-5-13/h4-11H,1-3H3. The van der Waals surface area contributed by atoms with Crippen LogP contribution in [0.1, 0.15) is 17.3 Å². The van der Waals surface area contributed by atoms with Gasteiger partial charge in [-0.3, -0.25) is 9.59 Å². The van der Waals surface area contributed by atoms with Crippen LogP contribution >= 0.6 is 0 Å². The van der Waals surface area contributed by atoms with E-state index in [2.05, 4.69) is 0 Å². The van der Waals surface area contributed by atoms with Crippen LogP contribution in [0.5, 0.6) is 0 Å². The first kappa shape index (κ1) is 15.7. The average Bonchev–Trinajstić information content (AvgIpc) is 2.53. The smallest absolute Gasteiger partial charge is 0.258 e. The molecule has 0 radical (unpaired) electrons. The van der Waals surface area contributed by atoms with Crippen LogP contribution in [-0.2, 0) is 4.79 Å². The maximum Gasteiger partial charge on any atom is 0.258 e. The first-order valence-corrected chi connectivity index (χ1v) is 6.78. The Kier molecular flexibility index (Phi) is 4.56. The monoisotopic (exact) mass is 300 g/mol. The molecule has 114 valence electrons. The normalized spacial score (nSPS) is 10.2. The fourth-order valence-corrected chi connectivity index (χ4v) is 1.99. The number of benzene rings is 2. The molecule has 0 unspecified atom stereocenters. The molecule has 2 aromatic carbocycles. The topological polar surface area (TPSA) is 40.6 Å². The van der Waals surface area contributed by atoms with Crippen LogP contribution < -0.4 is 9.80 Å². The highest BCUT2D eigenvalue weighted by molar-refractivity contribution is 6.05. The Bertz CT molecular complexity index is 681. The lowest BCUT2D eigenvalue weighted by Gasteiger charge is -2.20. The minimum atomic E-state index is -0.379. The predicted molar refractivity (Wildman–Crippen MR) is 84.7 cm³/mol. The number of halogens is 1. The van der Waals surface area contributed by atoms with Crippen LogP contribution in [0.4, 0.5) is 15.8 Å². The van der Waals surface area contributed by atoms with Crippen LogP contribution in [0.15, 0.2) is 48.5 Å². The molecule has 2 aromatic rings. The number of nitrogens with zero attached hydrogens (tertiary/aromatic N) is 2. The number of hydrogen-bond donors (Lipinski definition) is 0. The number of rotatable bonds is 3. The molecule has 0 heterocycles. The van der Waals surface area contributed by atoms with Crippen molar-refractivity contribution in [1.29, 1.82) is 0 Å². The van der Waals surface area contributed by atoms with Gasteiger partial charge in [0.1, 0.15) is 5.82 Å². The molecule has 0 saturated carbocycles. The SMILES string of the molecule is CC(=O)N(C)c1ccc(N(C)C(=O)c2ccc(F)cc2)cc1. The van der Waals surface area contributed by atoms with Crippen LogP contribution in [0.25, 0.3) is 0 Å². The Balaban J connectivity index is 2.18. The van der Waals surface area contributed by atoms with Crippen molar-refractivity contribution in [3.05, 3.63) is 59.9 Å². The molecule has 0 aromatic heterocycles. The van der Waals surface area contributed by atoms with Gasteiger partial charge < -0.3 is 9.80 Å². The quantitative estimate of drug-likeness (QED) is 0.874. The van der Waals surface area contributed by atoms with Crippen LogP contribution in [-0.4, -0.2) is 25.9 Å². The predicted octanol–water partition coefficient (Wildman–Crippen LogP) is 3.09. The van der Waals surface area contributed by atoms with Crippen LogP contribution in [0.2, 0.25) is 0 Å². The first-order chi connectivity index (χ1) is 10.4. The number of carbonyl (C=O) groups is 2. The molecule has 22 heavy (non-hydrogen) atoms. The number of hydrogen-bond acceptors (Lipinski definition) is 2. The molecule has 0 atom stereocenters. The van der Waals surface area contributed by atoms with Gasteiger partial charge in [0.05, 0.1) is 0 Å². The number of anilines is 2. The van der Waals surface area contributed by atoms with Gasteiger partial charge in [-0.05, 0) is 48.5 Å². The molecule has 0 N–H and O–H groups in total. The van der Waals surface area contributed by atoms with E-state index in [1.165, 1.54) is 41.0 Å². The van der Waals surface area contributed by atoms with Crippen molar-refractivity contribution >= 4 is 23.2 Å². The third kappa shape index (κ3) is 3.31. The molecular weight excluding hydrogens is 283 g/mol. The summed E-state index contributed by atoms with van der Waals surface area (Å²) in [5.41, 5.74) is 1.85. The largest absolute Gasteiger partial charge is 0.316 e. The van der Waals surface area contributed by atoms with Crippen LogP contribution in [0.3, 0.4) is 0 Å². The van der Waals surface area contributed by atoms with Gasteiger partial charge >= 0.3 is 0 Å². The number of amides is 2. The zero-order valence-electron chi connectivity index (χ0n) is 12.7. The summed E-state index contributed by atoms with van der Waals surface area (Å²) in [7, 11) is 3.33. The van der Waals surface area contributed by atoms with Crippen molar-refractivity contribution in [1.82, 2.24) is 0 Å². The Hall–Kier alpha value is -2.69. The maximum absolute atomic E-state index is 12.9. The van der Waals surface area contributed by atoms with Gasteiger partial charge in [-0.2, -0.15) is 0 Å². The van der Waals surface area contributed by atoms with Gasteiger partial charge in [0, 0.05) is 38.0 Å². The van der Waals surface area contributed by atoms with Crippen molar-refractivity contribution in [3.63, 3.8) is 0 Å². The van der Waals surface area contributed by atoms with Gasteiger partial charge in [0.15, 0.2) is 0 Å². The fourth-order valence-electron chi connectivity index (χ4n) is 1.99. The van der Waals surface area contributed by atoms with E-state index in [4.69, 9.17) is 0 Å². The second-order valence-electron chi connectivity index (χ2n) is 4.97. The summed E-state index contributed by atoms with van der Waals surface area (Å²) >= 11 is 0. The lowest BCUT2D eigenvalue weighted by atomic mass is 10.2. The first-order valence-electron chi connectivity index (χ1n) is 6.78. The molecule has 0 aliphatic heterocycles. The molecule has 4 nitrogen and oxygen atoms in total. The highest BCUT2D eigenvalue weighted by Gasteiger charge is 2.14. The molecule has 2 amide bonds. The minimum absolute atomic E-state index is 0.0662. The van der Waals surface area contributed by atoms with Crippen LogP contribution in [0, 0.1) is 5.82 Å². The summed E-state index contributed by atoms with van der Waals surface area (Å²) in [5.74, 6) is -0.674. The summed E-state index contributed by atoms with van der Waals surface area (Å²) in [6.45, 7) is 1.48. The van der Waals surface area contributed by atoms with E-state index in [-0.39, 0.29) is 17.6 Å². The van der Waals surface area contributed by atoms with Gasteiger partial charge in [-0.1, -0.05) is 0 Å². The second-order valence-corrected chi connectivity index (χ2v) is 4.97. The molecule has 5 heteroatoms. The molecule has 2 rings (SSSR count). The Morgan fingerprint density at radius 1 is 0.818 bits per heavy atom. The van der Waals surface area contributed by atoms with Crippen molar-refractivity contribution in [2.24, 2.45) is 0 Å². The van der Waals surface area contributed by atoms with Crippen molar-refractivity contribution in [2.45, 2.75) is 6.92 Å². The molecule has 0 bridgehead atoms. The highest BCUT2D eigenvalue weighted by Crippen LogP contribution is 2.21. The molecular formula is C17H17FN2O2. The maximum atomic E-state index is 12.9. The summed E-state index contributed by atoms with van der Waals surface area (Å²) in [6, 6.07) is 12.5. The zero-order valence-corrected chi connectivity index (χ0v) is 12.7.